The van der Waals surface area contributed by atoms with Gasteiger partial charge in [-0.2, -0.15) is 10.1 Å². The van der Waals surface area contributed by atoms with Gasteiger partial charge in [-0.1, -0.05) is 20.4 Å². The Balaban J connectivity index is 0.00000282. The minimum Gasteiger partial charge on any atom is -0.492 e. The summed E-state index contributed by atoms with van der Waals surface area (Å²) >= 11 is 0. The Bertz CT molecular complexity index is 615. The summed E-state index contributed by atoms with van der Waals surface area (Å²) in [5.74, 6) is 1.25. The van der Waals surface area contributed by atoms with Crippen LogP contribution < -0.4 is 11.5 Å². The first kappa shape index (κ1) is 28.5. The number of aliphatic hydroxyl groups is 2. The molecule has 10 nitrogen and oxygen atoms in total. The molecule has 0 saturated carbocycles. The maximum Gasteiger partial charge on any atom is 0.283 e. The van der Waals surface area contributed by atoms with Crippen LogP contribution in [0.25, 0.3) is 0 Å². The summed E-state index contributed by atoms with van der Waals surface area (Å²) in [6.45, 7) is 10.3. The molecule has 0 bridgehead atoms. The highest BCUT2D eigenvalue weighted by Crippen LogP contribution is 2.32. The monoisotopic (exact) mass is 442 g/mol. The van der Waals surface area contributed by atoms with Crippen LogP contribution in [0.5, 0.6) is 0 Å². The molecule has 0 spiro atoms. The summed E-state index contributed by atoms with van der Waals surface area (Å²) < 4.78 is 11.8. The van der Waals surface area contributed by atoms with Gasteiger partial charge in [0.15, 0.2) is 5.96 Å². The third-order valence-electron chi connectivity index (χ3n) is 4.87. The molecule has 0 radical (unpaired) electrons. The Morgan fingerprint density at radius 3 is 2.61 bits per heavy atom. The van der Waals surface area contributed by atoms with Crippen molar-refractivity contribution in [2.45, 2.75) is 64.7 Å². The quantitative estimate of drug-likeness (QED) is 0.0635. The van der Waals surface area contributed by atoms with E-state index in [1.807, 2.05) is 26.8 Å². The summed E-state index contributed by atoms with van der Waals surface area (Å²) in [5, 5.41) is 23.7. The molecule has 0 aliphatic carbocycles. The van der Waals surface area contributed by atoms with Crippen LogP contribution >= 0.6 is 0 Å². The van der Waals surface area contributed by atoms with Gasteiger partial charge in [-0.15, -0.1) is 0 Å². The van der Waals surface area contributed by atoms with Crippen LogP contribution in [0.3, 0.4) is 0 Å². The normalized spacial score (nSPS) is 21.8. The van der Waals surface area contributed by atoms with Crippen LogP contribution in [0.1, 0.15) is 46.5 Å². The number of nitriles is 1. The molecule has 0 amide bonds. The smallest absolute Gasteiger partial charge is 0.283 e. The van der Waals surface area contributed by atoms with Gasteiger partial charge in [0.2, 0.25) is 0 Å². The first-order valence-corrected chi connectivity index (χ1v) is 10.3. The van der Waals surface area contributed by atoms with Gasteiger partial charge in [-0.05, 0) is 32.3 Å². The van der Waals surface area contributed by atoms with E-state index >= 15 is 0 Å². The molecule has 1 rings (SSSR count). The van der Waals surface area contributed by atoms with Gasteiger partial charge in [0.25, 0.3) is 6.26 Å². The molecule has 0 aromatic rings. The van der Waals surface area contributed by atoms with Crippen LogP contribution in [-0.4, -0.2) is 54.7 Å². The third-order valence-corrected chi connectivity index (χ3v) is 4.87. The van der Waals surface area contributed by atoms with E-state index in [0.717, 1.165) is 31.3 Å². The Labute approximate surface area is 185 Å². The second-order valence-electron chi connectivity index (χ2n) is 7.34. The van der Waals surface area contributed by atoms with Crippen LogP contribution in [0.4, 0.5) is 0 Å². The lowest BCUT2D eigenvalue weighted by Gasteiger charge is -2.40. The Kier molecular flexibility index (Phi) is 14.9. The number of aliphatic hydroxyl groups excluding tert-OH is 2. The van der Waals surface area contributed by atoms with Gasteiger partial charge in [0.1, 0.15) is 11.9 Å². The predicted molar refractivity (Wildman–Crippen MR) is 117 cm³/mol. The van der Waals surface area contributed by atoms with E-state index < -0.39 is 0 Å². The first-order chi connectivity index (χ1) is 14.7. The molecule has 0 fully saturated rings. The van der Waals surface area contributed by atoms with Crippen molar-refractivity contribution >= 4 is 5.96 Å². The van der Waals surface area contributed by atoms with Gasteiger partial charge in [0, 0.05) is 32.0 Å². The van der Waals surface area contributed by atoms with E-state index in [1.54, 1.807) is 7.11 Å². The first-order valence-electron chi connectivity index (χ1n) is 10.3. The van der Waals surface area contributed by atoms with E-state index in [2.05, 4.69) is 11.6 Å². The summed E-state index contributed by atoms with van der Waals surface area (Å²) in [6.07, 6.45) is 5.12. The summed E-state index contributed by atoms with van der Waals surface area (Å²) in [5.41, 5.74) is 11.1. The maximum atomic E-state index is 9.96. The lowest BCUT2D eigenvalue weighted by molar-refractivity contribution is -0.263. The zero-order chi connectivity index (χ0) is 23.8. The van der Waals surface area contributed by atoms with Crippen molar-refractivity contribution in [3.05, 3.63) is 24.2 Å². The van der Waals surface area contributed by atoms with Gasteiger partial charge in [0.05, 0.1) is 24.5 Å². The number of guanidine groups is 1. The Morgan fingerprint density at radius 2 is 2.10 bits per heavy atom. The molecule has 178 valence electrons. The molecule has 0 unspecified atom stereocenters. The molecule has 0 saturated heterocycles. The van der Waals surface area contributed by atoms with Crippen LogP contribution in [0.15, 0.2) is 29.2 Å². The molecule has 6 N–H and O–H groups in total. The standard InChI is InChI=1S/C20H37N3O5.CHNO/c1-6-10-26-28-13(2)8-7-9-16(12-24)19(25-5)18-15(4)17(23-20(21)22)11-14(3)27-18;2-1-3/h11,15-19,24H,2,6-10,12H2,1,3-5H3,(H4,21,22,23);3H/t15-,16-,17+,18-,19-;/m1./s1. The highest BCUT2D eigenvalue weighted by atomic mass is 17.2. The predicted octanol–water partition coefficient (Wildman–Crippen LogP) is 2.07. The number of allylic oxidation sites excluding steroid dienone is 2. The van der Waals surface area contributed by atoms with Crippen molar-refractivity contribution in [1.82, 2.24) is 0 Å². The van der Waals surface area contributed by atoms with Crippen LogP contribution in [-0.2, 0) is 19.2 Å². The van der Waals surface area contributed by atoms with Gasteiger partial charge in [-0.25, -0.2) is 4.99 Å². The number of ether oxygens (including phenoxy) is 2. The molecular weight excluding hydrogens is 404 g/mol. The number of hydrogen-bond donors (Lipinski definition) is 4. The van der Waals surface area contributed by atoms with Gasteiger partial charge in [-0.3, -0.25) is 0 Å². The van der Waals surface area contributed by atoms with Crippen molar-refractivity contribution in [2.75, 3.05) is 20.3 Å². The average molecular weight is 443 g/mol. The molecule has 10 heteroatoms. The molecule has 1 aliphatic rings. The van der Waals surface area contributed by atoms with Crippen molar-refractivity contribution in [3.63, 3.8) is 0 Å². The molecule has 1 aliphatic heterocycles. The van der Waals surface area contributed by atoms with Crippen LogP contribution in [0.2, 0.25) is 0 Å². The van der Waals surface area contributed by atoms with Gasteiger partial charge >= 0.3 is 0 Å². The number of rotatable bonds is 13. The minimum atomic E-state index is -0.300. The van der Waals surface area contributed by atoms with E-state index in [-0.39, 0.29) is 42.7 Å². The van der Waals surface area contributed by atoms with Crippen molar-refractivity contribution in [2.24, 2.45) is 28.3 Å². The number of hydrogen-bond acceptors (Lipinski definition) is 8. The SMILES string of the molecule is C=C(CCC[C@H](CO)[C@@H](OC)[C@@H]1OC(C)=C[C@H](N=C(N)N)[C@H]1C)OOCCC.N#CO. The number of nitrogens with two attached hydrogens (primary N) is 2. The highest BCUT2D eigenvalue weighted by molar-refractivity contribution is 5.76. The number of aliphatic imine (C=N–C) groups is 1. The minimum absolute atomic E-state index is 0.00876. The van der Waals surface area contributed by atoms with E-state index in [0.29, 0.717) is 18.8 Å². The fraction of sp³-hybridized carbons (Fsp3) is 0.714. The van der Waals surface area contributed by atoms with Gasteiger partial charge < -0.3 is 36.0 Å². The lowest BCUT2D eigenvalue weighted by atomic mass is 9.83. The zero-order valence-corrected chi connectivity index (χ0v) is 19.0. The zero-order valence-electron chi connectivity index (χ0n) is 19.0. The summed E-state index contributed by atoms with van der Waals surface area (Å²) in [7, 11) is 1.63. The molecule has 1 heterocycles. The van der Waals surface area contributed by atoms with Crippen molar-refractivity contribution in [3.8, 4) is 6.26 Å². The van der Waals surface area contributed by atoms with Crippen LogP contribution in [0, 0.1) is 23.4 Å². The number of nitrogens with zero attached hydrogens (tertiary/aromatic N) is 2. The highest BCUT2D eigenvalue weighted by Gasteiger charge is 2.39. The topological polar surface area (TPSA) is 166 Å². The molecule has 0 aromatic heterocycles. The van der Waals surface area contributed by atoms with Crippen molar-refractivity contribution in [1.29, 1.82) is 5.26 Å². The number of methoxy groups -OCH3 is 1. The average Bonchev–Trinajstić information content (AvgIpc) is 2.70. The maximum absolute atomic E-state index is 9.96. The molecule has 5 atom stereocenters. The summed E-state index contributed by atoms with van der Waals surface area (Å²) in [4.78, 5) is 14.4. The molecular formula is C21H38N4O6. The van der Waals surface area contributed by atoms with Crippen molar-refractivity contribution < 1.29 is 29.5 Å². The lowest BCUT2D eigenvalue weighted by Crippen LogP contribution is -2.47. The van der Waals surface area contributed by atoms with E-state index in [1.165, 1.54) is 0 Å². The van der Waals surface area contributed by atoms with E-state index in [9.17, 15) is 5.11 Å². The largest absolute Gasteiger partial charge is 0.492 e. The molecule has 31 heavy (non-hydrogen) atoms. The van der Waals surface area contributed by atoms with E-state index in [4.69, 9.17) is 41.1 Å². The second kappa shape index (κ2) is 16.2. The second-order valence-corrected chi connectivity index (χ2v) is 7.34. The molecule has 0 aromatic carbocycles. The summed E-state index contributed by atoms with van der Waals surface area (Å²) in [6, 6.07) is -0.190. The Morgan fingerprint density at radius 1 is 1.45 bits per heavy atom. The fourth-order valence-corrected chi connectivity index (χ4v) is 3.41. The fourth-order valence-electron chi connectivity index (χ4n) is 3.41. The third kappa shape index (κ3) is 10.9. The Hall–Kier alpha value is -2.48.